The van der Waals surface area contributed by atoms with Crippen LogP contribution in [0.5, 0.6) is 0 Å². The van der Waals surface area contributed by atoms with Crippen LogP contribution in [-0.4, -0.2) is 29.5 Å². The summed E-state index contributed by atoms with van der Waals surface area (Å²) in [5, 5.41) is 7.73. The van der Waals surface area contributed by atoms with E-state index < -0.39 is 0 Å². The van der Waals surface area contributed by atoms with Crippen molar-refractivity contribution in [1.29, 1.82) is 0 Å². The van der Waals surface area contributed by atoms with Crippen LogP contribution in [0.4, 0.5) is 0 Å². The van der Waals surface area contributed by atoms with Gasteiger partial charge in [-0.2, -0.15) is 5.10 Å². The predicted molar refractivity (Wildman–Crippen MR) is 72.5 cm³/mol. The largest absolute Gasteiger partial charge is 0.378 e. The Labute approximate surface area is 110 Å². The second-order valence-electron chi connectivity index (χ2n) is 5.04. The smallest absolute Gasteiger partial charge is 0.0575 e. The van der Waals surface area contributed by atoms with Gasteiger partial charge in [-0.3, -0.25) is 4.68 Å². The molecule has 1 aromatic heterocycles. The maximum atomic E-state index is 5.79. The van der Waals surface area contributed by atoms with Crippen molar-refractivity contribution < 1.29 is 4.74 Å². The van der Waals surface area contributed by atoms with Gasteiger partial charge in [0.1, 0.15) is 0 Å². The highest BCUT2D eigenvalue weighted by atomic mass is 16.5. The molecular formula is C14H25N3O. The molecular weight excluding hydrogens is 226 g/mol. The van der Waals surface area contributed by atoms with E-state index in [1.807, 2.05) is 17.9 Å². The molecule has 2 unspecified atom stereocenters. The average molecular weight is 251 g/mol. The minimum absolute atomic E-state index is 0.399. The van der Waals surface area contributed by atoms with Crippen molar-refractivity contribution in [2.75, 3.05) is 13.7 Å². The summed E-state index contributed by atoms with van der Waals surface area (Å²) in [6.07, 6.45) is 10.6. The molecule has 2 heterocycles. The van der Waals surface area contributed by atoms with E-state index in [1.54, 1.807) is 0 Å². The van der Waals surface area contributed by atoms with Gasteiger partial charge in [0.2, 0.25) is 0 Å². The second kappa shape index (κ2) is 6.90. The molecule has 102 valence electrons. The Bertz CT molecular complexity index is 345. The Kier molecular flexibility index (Phi) is 5.20. The Morgan fingerprint density at radius 1 is 1.56 bits per heavy atom. The van der Waals surface area contributed by atoms with Crippen molar-refractivity contribution in [2.45, 2.75) is 57.7 Å². The molecule has 1 aromatic rings. The first-order chi connectivity index (χ1) is 8.83. The number of nitrogens with one attached hydrogen (secondary N) is 1. The first kappa shape index (κ1) is 13.6. The second-order valence-corrected chi connectivity index (χ2v) is 5.04. The lowest BCUT2D eigenvalue weighted by molar-refractivity contribution is 0.00866. The van der Waals surface area contributed by atoms with Crippen molar-refractivity contribution in [3.8, 4) is 0 Å². The third kappa shape index (κ3) is 3.56. The summed E-state index contributed by atoms with van der Waals surface area (Å²) < 4.78 is 7.77. The molecule has 0 spiro atoms. The van der Waals surface area contributed by atoms with Crippen LogP contribution in [0, 0.1) is 0 Å². The van der Waals surface area contributed by atoms with Gasteiger partial charge in [0.15, 0.2) is 0 Å². The van der Waals surface area contributed by atoms with E-state index in [9.17, 15) is 0 Å². The maximum absolute atomic E-state index is 5.79. The molecule has 0 radical (unpaired) electrons. The van der Waals surface area contributed by atoms with Gasteiger partial charge in [0, 0.05) is 31.0 Å². The van der Waals surface area contributed by atoms with E-state index in [0.29, 0.717) is 12.1 Å². The first-order valence-corrected chi connectivity index (χ1v) is 7.14. The van der Waals surface area contributed by atoms with Crippen molar-refractivity contribution in [3.05, 3.63) is 18.0 Å². The lowest BCUT2D eigenvalue weighted by Gasteiger charge is -2.24. The molecule has 1 fully saturated rings. The minimum atomic E-state index is 0.399. The van der Waals surface area contributed by atoms with Gasteiger partial charge in [-0.1, -0.05) is 0 Å². The van der Waals surface area contributed by atoms with Crippen molar-refractivity contribution >= 4 is 0 Å². The number of nitrogens with zero attached hydrogens (tertiary/aromatic N) is 2. The van der Waals surface area contributed by atoms with Gasteiger partial charge in [-0.25, -0.2) is 0 Å². The van der Waals surface area contributed by atoms with E-state index in [2.05, 4.69) is 23.5 Å². The normalized spacial score (nSPS) is 22.0. The fourth-order valence-electron chi connectivity index (χ4n) is 2.60. The summed E-state index contributed by atoms with van der Waals surface area (Å²) in [6.45, 7) is 3.99. The average Bonchev–Trinajstić information content (AvgIpc) is 2.89. The molecule has 18 heavy (non-hydrogen) atoms. The van der Waals surface area contributed by atoms with Crippen LogP contribution in [0.1, 0.15) is 50.6 Å². The quantitative estimate of drug-likeness (QED) is 0.844. The van der Waals surface area contributed by atoms with Crippen molar-refractivity contribution in [2.24, 2.45) is 0 Å². The number of aromatic nitrogens is 2. The highest BCUT2D eigenvalue weighted by Gasteiger charge is 2.17. The van der Waals surface area contributed by atoms with Crippen molar-refractivity contribution in [1.82, 2.24) is 15.1 Å². The molecule has 0 aromatic carbocycles. The monoisotopic (exact) mass is 251 g/mol. The molecule has 1 aliphatic rings. The molecule has 1 N–H and O–H groups in total. The molecule has 2 rings (SSSR count). The zero-order valence-corrected chi connectivity index (χ0v) is 11.6. The zero-order valence-electron chi connectivity index (χ0n) is 11.6. The van der Waals surface area contributed by atoms with E-state index in [4.69, 9.17) is 4.74 Å². The minimum Gasteiger partial charge on any atom is -0.378 e. The summed E-state index contributed by atoms with van der Waals surface area (Å²) in [6, 6.07) is 0.399. The van der Waals surface area contributed by atoms with Crippen molar-refractivity contribution in [3.63, 3.8) is 0 Å². The highest BCUT2D eigenvalue weighted by Crippen LogP contribution is 2.23. The van der Waals surface area contributed by atoms with Gasteiger partial charge in [-0.05, 0) is 46.1 Å². The zero-order chi connectivity index (χ0) is 12.8. The Hall–Kier alpha value is -0.870. The van der Waals surface area contributed by atoms with E-state index >= 15 is 0 Å². The van der Waals surface area contributed by atoms with Crippen LogP contribution in [0.2, 0.25) is 0 Å². The summed E-state index contributed by atoms with van der Waals surface area (Å²) >= 11 is 0. The fourth-order valence-corrected chi connectivity index (χ4v) is 2.60. The molecule has 0 bridgehead atoms. The molecule has 4 heteroatoms. The molecule has 0 aliphatic carbocycles. The van der Waals surface area contributed by atoms with E-state index in [-0.39, 0.29) is 0 Å². The highest BCUT2D eigenvalue weighted by molar-refractivity contribution is 5.10. The maximum Gasteiger partial charge on any atom is 0.0575 e. The summed E-state index contributed by atoms with van der Waals surface area (Å²) in [5.74, 6) is 0. The standard InChI is InChI=1S/C14H25N3O/c1-3-17-11-12(10-16-17)14(15-2)8-7-13-6-4-5-9-18-13/h10-11,13-15H,3-9H2,1-2H3. The molecule has 1 aliphatic heterocycles. The van der Waals surface area contributed by atoms with Crippen LogP contribution >= 0.6 is 0 Å². The molecule has 0 amide bonds. The van der Waals surface area contributed by atoms with Gasteiger partial charge >= 0.3 is 0 Å². The van der Waals surface area contributed by atoms with Crippen LogP contribution in [0.15, 0.2) is 12.4 Å². The van der Waals surface area contributed by atoms with Crippen LogP contribution in [0.25, 0.3) is 0 Å². The number of rotatable bonds is 6. The van der Waals surface area contributed by atoms with Crippen LogP contribution in [0.3, 0.4) is 0 Å². The SMILES string of the molecule is CCn1cc(C(CCC2CCCCO2)NC)cn1. The van der Waals surface area contributed by atoms with Gasteiger partial charge in [-0.15, -0.1) is 0 Å². The van der Waals surface area contributed by atoms with Gasteiger partial charge in [0.05, 0.1) is 12.3 Å². The lowest BCUT2D eigenvalue weighted by atomic mass is 9.99. The number of hydrogen-bond acceptors (Lipinski definition) is 3. The Balaban J connectivity index is 1.84. The lowest BCUT2D eigenvalue weighted by Crippen LogP contribution is -2.22. The van der Waals surface area contributed by atoms with Crippen LogP contribution < -0.4 is 5.32 Å². The molecule has 0 saturated carbocycles. The molecule has 1 saturated heterocycles. The molecule has 4 nitrogen and oxygen atoms in total. The number of ether oxygens (including phenoxy) is 1. The third-order valence-corrected chi connectivity index (χ3v) is 3.78. The predicted octanol–water partition coefficient (Wildman–Crippen LogP) is 2.51. The molecule has 2 atom stereocenters. The van der Waals surface area contributed by atoms with E-state index in [1.165, 1.54) is 24.8 Å². The summed E-state index contributed by atoms with van der Waals surface area (Å²) in [5.41, 5.74) is 1.29. The number of hydrogen-bond donors (Lipinski definition) is 1. The van der Waals surface area contributed by atoms with E-state index in [0.717, 1.165) is 26.0 Å². The third-order valence-electron chi connectivity index (χ3n) is 3.78. The fraction of sp³-hybridized carbons (Fsp3) is 0.786. The van der Waals surface area contributed by atoms with Gasteiger partial charge in [0.25, 0.3) is 0 Å². The van der Waals surface area contributed by atoms with Gasteiger partial charge < -0.3 is 10.1 Å². The number of aryl methyl sites for hydroxylation is 1. The summed E-state index contributed by atoms with van der Waals surface area (Å²) in [7, 11) is 2.02. The van der Waals surface area contributed by atoms with Crippen LogP contribution in [-0.2, 0) is 11.3 Å². The Morgan fingerprint density at radius 2 is 2.44 bits per heavy atom. The summed E-state index contributed by atoms with van der Waals surface area (Å²) in [4.78, 5) is 0. The first-order valence-electron chi connectivity index (χ1n) is 7.14. The topological polar surface area (TPSA) is 39.1 Å². The Morgan fingerprint density at radius 3 is 3.06 bits per heavy atom.